The molecule has 1 saturated heterocycles. The van der Waals surface area contributed by atoms with Crippen LogP contribution in [0.25, 0.3) is 0 Å². The quantitative estimate of drug-likeness (QED) is 0.684. The molecular weight excluding hydrogens is 298 g/mol. The zero-order valence-electron chi connectivity index (χ0n) is 13.5. The van der Waals surface area contributed by atoms with Crippen LogP contribution in [0.3, 0.4) is 0 Å². The monoisotopic (exact) mass is 319 g/mol. The highest BCUT2D eigenvalue weighted by molar-refractivity contribution is 5.98. The molecule has 1 aromatic carbocycles. The number of benzene rings is 1. The van der Waals surface area contributed by atoms with E-state index < -0.39 is 16.4 Å². The van der Waals surface area contributed by atoms with E-state index in [-0.39, 0.29) is 17.5 Å². The summed E-state index contributed by atoms with van der Waals surface area (Å²) >= 11 is 0. The Kier molecular flexibility index (Phi) is 4.68. The van der Waals surface area contributed by atoms with E-state index >= 15 is 0 Å². The van der Waals surface area contributed by atoms with Gasteiger partial charge in [0.1, 0.15) is 6.04 Å². The van der Waals surface area contributed by atoms with Crippen molar-refractivity contribution in [3.63, 3.8) is 0 Å². The maximum absolute atomic E-state index is 12.5. The lowest BCUT2D eigenvalue weighted by Gasteiger charge is -2.30. The molecule has 2 amide bonds. The highest BCUT2D eigenvalue weighted by atomic mass is 16.6. The highest BCUT2D eigenvalue weighted by Crippen LogP contribution is 2.26. The summed E-state index contributed by atoms with van der Waals surface area (Å²) in [6.07, 6.45) is 1.37. The van der Waals surface area contributed by atoms with Gasteiger partial charge in [-0.25, -0.2) is 0 Å². The molecule has 0 saturated carbocycles. The molecule has 0 aliphatic carbocycles. The van der Waals surface area contributed by atoms with Gasteiger partial charge in [-0.2, -0.15) is 0 Å². The second-order valence-corrected chi connectivity index (χ2v) is 6.70. The molecule has 0 bridgehead atoms. The number of anilines is 1. The van der Waals surface area contributed by atoms with Gasteiger partial charge in [0.25, 0.3) is 5.69 Å². The third-order valence-electron chi connectivity index (χ3n) is 3.78. The fraction of sp³-hybridized carbons (Fsp3) is 0.500. The summed E-state index contributed by atoms with van der Waals surface area (Å²) in [4.78, 5) is 36.8. The second-order valence-electron chi connectivity index (χ2n) is 6.70. The average molecular weight is 319 g/mol. The number of rotatable bonds is 3. The van der Waals surface area contributed by atoms with Crippen molar-refractivity contribution in [2.45, 2.75) is 39.7 Å². The first-order valence-corrected chi connectivity index (χ1v) is 7.56. The van der Waals surface area contributed by atoms with Gasteiger partial charge in [0.15, 0.2) is 0 Å². The van der Waals surface area contributed by atoms with Gasteiger partial charge in [0.2, 0.25) is 11.8 Å². The summed E-state index contributed by atoms with van der Waals surface area (Å²) < 4.78 is 0. The number of nitro benzene ring substituents is 1. The minimum atomic E-state index is -0.547. The van der Waals surface area contributed by atoms with Crippen LogP contribution in [0.15, 0.2) is 24.3 Å². The van der Waals surface area contributed by atoms with Crippen molar-refractivity contribution in [2.24, 2.45) is 5.41 Å². The molecule has 7 heteroatoms. The molecule has 1 aromatic rings. The van der Waals surface area contributed by atoms with Crippen LogP contribution in [0.2, 0.25) is 0 Å². The molecule has 1 fully saturated rings. The number of nitro groups is 1. The summed E-state index contributed by atoms with van der Waals surface area (Å²) in [5.74, 6) is -0.366. The largest absolute Gasteiger partial charge is 0.330 e. The fourth-order valence-corrected chi connectivity index (χ4v) is 2.64. The third kappa shape index (κ3) is 3.85. The van der Waals surface area contributed by atoms with E-state index in [1.165, 1.54) is 18.2 Å². The van der Waals surface area contributed by atoms with Gasteiger partial charge in [-0.1, -0.05) is 26.8 Å². The fourth-order valence-electron chi connectivity index (χ4n) is 2.64. The standard InChI is InChI=1S/C16H21N3O4/c1-16(2,3)15(21)18-9-5-8-13(18)14(20)17-11-6-4-7-12(10-11)19(22)23/h4,6-7,10,13H,5,8-9H2,1-3H3,(H,17,20)/t13-/m1/s1. The van der Waals surface area contributed by atoms with E-state index in [0.29, 0.717) is 18.7 Å². The molecule has 23 heavy (non-hydrogen) atoms. The molecule has 0 unspecified atom stereocenters. The van der Waals surface area contributed by atoms with Crippen LogP contribution >= 0.6 is 0 Å². The van der Waals surface area contributed by atoms with Gasteiger partial charge in [0, 0.05) is 29.8 Å². The number of carbonyl (C=O) groups excluding carboxylic acids is 2. The first-order valence-electron chi connectivity index (χ1n) is 7.56. The van der Waals surface area contributed by atoms with E-state index in [1.807, 2.05) is 20.8 Å². The van der Waals surface area contributed by atoms with Crippen LogP contribution in [0.5, 0.6) is 0 Å². The van der Waals surface area contributed by atoms with Crippen molar-refractivity contribution in [1.29, 1.82) is 0 Å². The molecule has 0 spiro atoms. The Morgan fingerprint density at radius 2 is 2.04 bits per heavy atom. The van der Waals surface area contributed by atoms with Crippen molar-refractivity contribution >= 4 is 23.2 Å². The maximum Gasteiger partial charge on any atom is 0.271 e. The lowest BCUT2D eigenvalue weighted by atomic mass is 9.94. The Morgan fingerprint density at radius 3 is 2.65 bits per heavy atom. The normalized spacial score (nSPS) is 17.9. The van der Waals surface area contributed by atoms with E-state index in [0.717, 1.165) is 6.42 Å². The van der Waals surface area contributed by atoms with E-state index in [4.69, 9.17) is 0 Å². The maximum atomic E-state index is 12.5. The van der Waals surface area contributed by atoms with Crippen LogP contribution in [-0.4, -0.2) is 34.2 Å². The van der Waals surface area contributed by atoms with Crippen LogP contribution in [0, 0.1) is 15.5 Å². The predicted molar refractivity (Wildman–Crippen MR) is 85.9 cm³/mol. The molecule has 0 aromatic heterocycles. The summed E-state index contributed by atoms with van der Waals surface area (Å²) in [5, 5.41) is 13.5. The molecule has 1 aliphatic heterocycles. The lowest BCUT2D eigenvalue weighted by molar-refractivity contribution is -0.384. The Morgan fingerprint density at radius 1 is 1.35 bits per heavy atom. The zero-order valence-corrected chi connectivity index (χ0v) is 13.5. The number of carbonyl (C=O) groups is 2. The first kappa shape index (κ1) is 16.9. The highest BCUT2D eigenvalue weighted by Gasteiger charge is 2.38. The number of nitrogens with one attached hydrogen (secondary N) is 1. The topological polar surface area (TPSA) is 92.6 Å². The Hall–Kier alpha value is -2.44. The SMILES string of the molecule is CC(C)(C)C(=O)N1CCC[C@@H]1C(=O)Nc1cccc([N+](=O)[O-])c1. The van der Waals surface area contributed by atoms with Gasteiger partial charge in [-0.05, 0) is 18.9 Å². The number of nitrogens with zero attached hydrogens (tertiary/aromatic N) is 2. The Balaban J connectivity index is 2.12. The van der Waals surface area contributed by atoms with E-state index in [9.17, 15) is 19.7 Å². The molecule has 124 valence electrons. The van der Waals surface area contributed by atoms with Gasteiger partial charge in [-0.15, -0.1) is 0 Å². The van der Waals surface area contributed by atoms with Crippen molar-refractivity contribution in [3.05, 3.63) is 34.4 Å². The average Bonchev–Trinajstić information content (AvgIpc) is 2.95. The van der Waals surface area contributed by atoms with Gasteiger partial charge < -0.3 is 10.2 Å². The predicted octanol–water partition coefficient (Wildman–Crippen LogP) is 2.57. The number of hydrogen-bond acceptors (Lipinski definition) is 4. The Bertz CT molecular complexity index is 636. The van der Waals surface area contributed by atoms with Crippen LogP contribution in [0.1, 0.15) is 33.6 Å². The Labute approximate surface area is 134 Å². The van der Waals surface area contributed by atoms with Gasteiger partial charge in [0.05, 0.1) is 4.92 Å². The van der Waals surface area contributed by atoms with Crippen molar-refractivity contribution in [1.82, 2.24) is 4.90 Å². The number of non-ortho nitro benzene ring substituents is 1. The van der Waals surface area contributed by atoms with E-state index in [2.05, 4.69) is 5.32 Å². The number of hydrogen-bond donors (Lipinski definition) is 1. The van der Waals surface area contributed by atoms with Gasteiger partial charge in [-0.3, -0.25) is 19.7 Å². The van der Waals surface area contributed by atoms with Crippen molar-refractivity contribution in [2.75, 3.05) is 11.9 Å². The van der Waals surface area contributed by atoms with Crippen molar-refractivity contribution in [3.8, 4) is 0 Å². The molecule has 1 atom stereocenters. The second kappa shape index (κ2) is 6.36. The minimum absolute atomic E-state index is 0.0609. The van der Waals surface area contributed by atoms with E-state index in [1.54, 1.807) is 11.0 Å². The summed E-state index contributed by atoms with van der Waals surface area (Å²) in [6.45, 7) is 6.03. The lowest BCUT2D eigenvalue weighted by Crippen LogP contribution is -2.47. The molecule has 2 rings (SSSR count). The molecular formula is C16H21N3O4. The molecule has 1 N–H and O–H groups in total. The number of amides is 2. The van der Waals surface area contributed by atoms with Gasteiger partial charge >= 0.3 is 0 Å². The first-order chi connectivity index (χ1) is 10.7. The summed E-state index contributed by atoms with van der Waals surface area (Å²) in [6, 6.07) is 5.25. The van der Waals surface area contributed by atoms with Crippen LogP contribution in [-0.2, 0) is 9.59 Å². The van der Waals surface area contributed by atoms with Crippen molar-refractivity contribution < 1.29 is 14.5 Å². The third-order valence-corrected chi connectivity index (χ3v) is 3.78. The summed E-state index contributed by atoms with van der Waals surface area (Å²) in [5.41, 5.74) is -0.273. The van der Waals surface area contributed by atoms with Crippen LogP contribution in [0.4, 0.5) is 11.4 Å². The molecule has 7 nitrogen and oxygen atoms in total. The smallest absolute Gasteiger partial charge is 0.271 e. The molecule has 0 radical (unpaired) electrons. The summed E-state index contributed by atoms with van der Waals surface area (Å²) in [7, 11) is 0. The van der Waals surface area contributed by atoms with Crippen LogP contribution < -0.4 is 5.32 Å². The number of likely N-dealkylation sites (tertiary alicyclic amines) is 1. The molecule has 1 aliphatic rings. The zero-order chi connectivity index (χ0) is 17.2. The minimum Gasteiger partial charge on any atom is -0.330 e. The molecule has 1 heterocycles.